The summed E-state index contributed by atoms with van der Waals surface area (Å²) in [7, 11) is 0. The maximum absolute atomic E-state index is 7.88. The highest BCUT2D eigenvalue weighted by molar-refractivity contribution is 4.89. The smallest absolute Gasteiger partial charge is 0.0478 e. The van der Waals surface area contributed by atoms with Crippen LogP contribution in [0.5, 0.6) is 0 Å². The molecule has 1 rings (SSSR count). The van der Waals surface area contributed by atoms with Crippen LogP contribution in [0.2, 0.25) is 0 Å². The van der Waals surface area contributed by atoms with Gasteiger partial charge in [-0.25, -0.2) is 0 Å². The van der Waals surface area contributed by atoms with Crippen LogP contribution in [0.1, 0.15) is 30.4 Å². The Morgan fingerprint density at radius 3 is 1.50 bits per heavy atom. The number of piperazine rings is 1. The van der Waals surface area contributed by atoms with Crippen LogP contribution in [-0.2, 0) is 0 Å². The van der Waals surface area contributed by atoms with Crippen molar-refractivity contribution in [3.63, 3.8) is 0 Å². The summed E-state index contributed by atoms with van der Waals surface area (Å²) < 4.78 is 15.8. The molecule has 0 amide bonds. The molecule has 1 aliphatic rings. The molecule has 1 heterocycles. The molecule has 0 aromatic heterocycles. The summed E-state index contributed by atoms with van der Waals surface area (Å²) in [5.41, 5.74) is 0. The lowest BCUT2D eigenvalue weighted by Crippen LogP contribution is -2.62. The van der Waals surface area contributed by atoms with Crippen LogP contribution in [-0.4, -0.2) is 24.1 Å². The first-order chi connectivity index (χ1) is 5.26. The molecule has 2 heteroatoms. The van der Waals surface area contributed by atoms with Crippen LogP contribution < -0.4 is 10.6 Å². The summed E-state index contributed by atoms with van der Waals surface area (Å²) in [4.78, 5) is 0. The standard InChI is InChI=1S/C8H18N2/c1-5-6(2)10-8(4)7(3)9-5/h5-10H,1-4H3/i5D,8D. The fourth-order valence-corrected chi connectivity index (χ4v) is 1.15. The summed E-state index contributed by atoms with van der Waals surface area (Å²) in [5, 5.41) is 6.22. The maximum Gasteiger partial charge on any atom is 0.0478 e. The van der Waals surface area contributed by atoms with Crippen molar-refractivity contribution in [2.24, 2.45) is 0 Å². The van der Waals surface area contributed by atoms with E-state index in [4.69, 9.17) is 2.74 Å². The highest BCUT2D eigenvalue weighted by atomic mass is 15.1. The highest BCUT2D eigenvalue weighted by Crippen LogP contribution is 2.05. The molecular formula is C8H18N2. The van der Waals surface area contributed by atoms with E-state index in [2.05, 4.69) is 10.6 Å². The van der Waals surface area contributed by atoms with E-state index in [-0.39, 0.29) is 12.1 Å². The minimum atomic E-state index is -0.667. The summed E-state index contributed by atoms with van der Waals surface area (Å²) >= 11 is 0. The Bertz CT molecular complexity index is 160. The van der Waals surface area contributed by atoms with E-state index in [1.54, 1.807) is 0 Å². The van der Waals surface area contributed by atoms with Gasteiger partial charge in [-0.3, -0.25) is 0 Å². The lowest BCUT2D eigenvalue weighted by molar-refractivity contribution is 0.250. The second-order valence-corrected chi connectivity index (χ2v) is 3.10. The molecule has 0 radical (unpaired) electrons. The van der Waals surface area contributed by atoms with Crippen LogP contribution in [0.25, 0.3) is 0 Å². The first kappa shape index (κ1) is 5.56. The van der Waals surface area contributed by atoms with E-state index in [0.717, 1.165) is 0 Å². The van der Waals surface area contributed by atoms with Crippen LogP contribution in [0.3, 0.4) is 0 Å². The van der Waals surface area contributed by atoms with Crippen molar-refractivity contribution in [2.75, 3.05) is 0 Å². The van der Waals surface area contributed by atoms with Crippen LogP contribution in [0.15, 0.2) is 0 Å². The predicted molar refractivity (Wildman–Crippen MR) is 44.1 cm³/mol. The van der Waals surface area contributed by atoms with E-state index < -0.39 is 12.0 Å². The van der Waals surface area contributed by atoms with Crippen molar-refractivity contribution in [1.29, 1.82) is 0 Å². The van der Waals surface area contributed by atoms with Gasteiger partial charge >= 0.3 is 0 Å². The Balaban J connectivity index is 2.76. The van der Waals surface area contributed by atoms with Gasteiger partial charge in [-0.15, -0.1) is 0 Å². The van der Waals surface area contributed by atoms with Crippen molar-refractivity contribution < 1.29 is 2.74 Å². The Kier molecular flexibility index (Phi) is 1.60. The summed E-state index contributed by atoms with van der Waals surface area (Å²) in [5.74, 6) is 0. The zero-order valence-corrected chi connectivity index (χ0v) is 7.15. The normalized spacial score (nSPS) is 66.8. The first-order valence-electron chi connectivity index (χ1n) is 4.81. The summed E-state index contributed by atoms with van der Waals surface area (Å²) in [6.07, 6.45) is 0. The van der Waals surface area contributed by atoms with Crippen molar-refractivity contribution in [1.82, 2.24) is 10.6 Å². The molecule has 4 atom stereocenters. The Morgan fingerprint density at radius 1 is 0.900 bits per heavy atom. The quantitative estimate of drug-likeness (QED) is 0.524. The van der Waals surface area contributed by atoms with E-state index in [9.17, 15) is 0 Å². The molecule has 1 fully saturated rings. The molecule has 1 aliphatic heterocycles. The third-order valence-corrected chi connectivity index (χ3v) is 2.19. The second kappa shape index (κ2) is 2.89. The lowest BCUT2D eigenvalue weighted by atomic mass is 10.0. The van der Waals surface area contributed by atoms with Gasteiger partial charge in [0.05, 0.1) is 0 Å². The van der Waals surface area contributed by atoms with Gasteiger partial charge < -0.3 is 10.6 Å². The number of rotatable bonds is 0. The van der Waals surface area contributed by atoms with Gasteiger partial charge in [0.25, 0.3) is 0 Å². The van der Waals surface area contributed by atoms with Gasteiger partial charge in [0.1, 0.15) is 0 Å². The Labute approximate surface area is 66.2 Å². The van der Waals surface area contributed by atoms with Gasteiger partial charge in [0.2, 0.25) is 0 Å². The molecule has 2 nitrogen and oxygen atoms in total. The lowest BCUT2D eigenvalue weighted by Gasteiger charge is -2.38. The largest absolute Gasteiger partial charge is 0.309 e. The molecule has 0 saturated carbocycles. The monoisotopic (exact) mass is 144 g/mol. The third-order valence-electron chi connectivity index (χ3n) is 2.19. The highest BCUT2D eigenvalue weighted by Gasteiger charge is 2.25. The van der Waals surface area contributed by atoms with Crippen LogP contribution in [0, 0.1) is 0 Å². The molecule has 0 aliphatic carbocycles. The number of hydrogen-bond donors (Lipinski definition) is 2. The summed E-state index contributed by atoms with van der Waals surface area (Å²) in [6, 6.07) is -1.34. The Morgan fingerprint density at radius 2 is 1.20 bits per heavy atom. The molecule has 0 aromatic carbocycles. The fourth-order valence-electron chi connectivity index (χ4n) is 1.15. The Hall–Kier alpha value is -0.0800. The van der Waals surface area contributed by atoms with Crippen molar-refractivity contribution in [3.8, 4) is 0 Å². The van der Waals surface area contributed by atoms with Crippen LogP contribution in [0.4, 0.5) is 0 Å². The molecule has 2 N–H and O–H groups in total. The van der Waals surface area contributed by atoms with Gasteiger partial charge in [0, 0.05) is 26.9 Å². The molecule has 4 unspecified atom stereocenters. The number of nitrogens with one attached hydrogen (secondary N) is 2. The van der Waals surface area contributed by atoms with Gasteiger partial charge in [-0.05, 0) is 27.7 Å². The molecule has 0 spiro atoms. The van der Waals surface area contributed by atoms with Crippen LogP contribution >= 0.6 is 0 Å². The van der Waals surface area contributed by atoms with Crippen molar-refractivity contribution in [2.45, 2.75) is 51.8 Å². The fraction of sp³-hybridized carbons (Fsp3) is 1.00. The topological polar surface area (TPSA) is 24.1 Å². The third kappa shape index (κ3) is 1.50. The SMILES string of the molecule is [2H]C1(C)NC(C)C([2H])(C)NC1C. The van der Waals surface area contributed by atoms with Gasteiger partial charge in [0.15, 0.2) is 0 Å². The van der Waals surface area contributed by atoms with E-state index in [1.165, 1.54) is 0 Å². The second-order valence-electron chi connectivity index (χ2n) is 3.10. The van der Waals surface area contributed by atoms with Gasteiger partial charge in [-0.2, -0.15) is 0 Å². The molecule has 10 heavy (non-hydrogen) atoms. The molecule has 0 bridgehead atoms. The first-order valence-corrected chi connectivity index (χ1v) is 3.81. The minimum absolute atomic E-state index is 0.00352. The number of hydrogen-bond acceptors (Lipinski definition) is 2. The molecule has 0 aromatic rings. The zero-order valence-electron chi connectivity index (χ0n) is 9.15. The molecule has 60 valence electrons. The molecule has 1 saturated heterocycles. The summed E-state index contributed by atoms with van der Waals surface area (Å²) in [6.45, 7) is 7.52. The maximum atomic E-state index is 7.88. The van der Waals surface area contributed by atoms with E-state index in [1.807, 2.05) is 27.7 Å². The predicted octanol–water partition coefficient (Wildman–Crippen LogP) is 0.733. The van der Waals surface area contributed by atoms with Crippen molar-refractivity contribution in [3.05, 3.63) is 0 Å². The zero-order chi connectivity index (χ0) is 9.57. The molecular weight excluding hydrogens is 124 g/mol. The van der Waals surface area contributed by atoms with E-state index >= 15 is 0 Å². The average Bonchev–Trinajstić information content (AvgIpc) is 1.82. The van der Waals surface area contributed by atoms with Crippen molar-refractivity contribution >= 4 is 0 Å². The minimum Gasteiger partial charge on any atom is -0.309 e. The average molecular weight is 144 g/mol. The van der Waals surface area contributed by atoms with E-state index in [0.29, 0.717) is 0 Å². The van der Waals surface area contributed by atoms with Gasteiger partial charge in [-0.1, -0.05) is 0 Å².